The maximum absolute atomic E-state index is 9.16. The zero-order valence-corrected chi connectivity index (χ0v) is 13.1. The van der Waals surface area contributed by atoms with E-state index < -0.39 is 0 Å². The first kappa shape index (κ1) is 14.4. The van der Waals surface area contributed by atoms with E-state index in [0.717, 1.165) is 22.6 Å². The lowest BCUT2D eigenvalue weighted by molar-refractivity contribution is 1.13. The van der Waals surface area contributed by atoms with Gasteiger partial charge in [-0.1, -0.05) is 18.2 Å². The highest BCUT2D eigenvalue weighted by Gasteiger charge is 2.17. The van der Waals surface area contributed by atoms with Crippen LogP contribution in [0, 0.1) is 11.3 Å². The zero-order valence-electron chi connectivity index (χ0n) is 12.4. The van der Waals surface area contributed by atoms with Crippen molar-refractivity contribution < 1.29 is 0 Å². The highest BCUT2D eigenvalue weighted by atomic mass is 35.5. The summed E-state index contributed by atoms with van der Waals surface area (Å²) in [6.45, 7) is 0. The quantitative estimate of drug-likeness (QED) is 0.521. The smallest absolute Gasteiger partial charge is 0.222 e. The van der Waals surface area contributed by atoms with Crippen LogP contribution in [0.5, 0.6) is 0 Å². The predicted molar refractivity (Wildman–Crippen MR) is 91.4 cm³/mol. The van der Waals surface area contributed by atoms with E-state index in [0.29, 0.717) is 11.3 Å². The van der Waals surface area contributed by atoms with E-state index in [1.165, 1.54) is 0 Å². The Bertz CT molecular complexity index is 1090. The third-order valence-corrected chi connectivity index (χ3v) is 3.85. The summed E-state index contributed by atoms with van der Waals surface area (Å²) in [6, 6.07) is 17.1. The molecule has 0 aliphatic heterocycles. The Morgan fingerprint density at radius 2 is 1.96 bits per heavy atom. The van der Waals surface area contributed by atoms with Gasteiger partial charge in [0.05, 0.1) is 28.7 Å². The number of aromatic nitrogens is 4. The van der Waals surface area contributed by atoms with Crippen molar-refractivity contribution >= 4 is 17.2 Å². The lowest BCUT2D eigenvalue weighted by Crippen LogP contribution is -1.93. The number of nitrogens with zero attached hydrogens (tertiary/aromatic N) is 5. The molecular weight excluding hydrogens is 322 g/mol. The summed E-state index contributed by atoms with van der Waals surface area (Å²) in [6.07, 6.45) is 3.54. The molecule has 5 nitrogen and oxygen atoms in total. The van der Waals surface area contributed by atoms with Crippen LogP contribution >= 0.6 is 11.6 Å². The fourth-order valence-corrected chi connectivity index (χ4v) is 2.79. The number of hydrogen-bond donors (Lipinski definition) is 0. The molecule has 24 heavy (non-hydrogen) atoms. The molecule has 0 atom stereocenters. The van der Waals surface area contributed by atoms with Crippen molar-refractivity contribution in [2.45, 2.75) is 0 Å². The Labute approximate surface area is 142 Å². The molecule has 0 N–H and O–H groups in total. The minimum atomic E-state index is 0.176. The molecule has 4 aromatic rings. The van der Waals surface area contributed by atoms with Crippen LogP contribution in [0.4, 0.5) is 0 Å². The molecule has 114 valence electrons. The fraction of sp³-hybridized carbons (Fsp3) is 0. The molecule has 0 saturated heterocycles. The van der Waals surface area contributed by atoms with E-state index in [9.17, 15) is 0 Å². The van der Waals surface area contributed by atoms with Gasteiger partial charge in [-0.3, -0.25) is 4.40 Å². The van der Waals surface area contributed by atoms with Gasteiger partial charge in [0.1, 0.15) is 5.65 Å². The van der Waals surface area contributed by atoms with Crippen LogP contribution in [0.2, 0.25) is 5.28 Å². The molecular formula is C18H10ClN5. The highest BCUT2D eigenvalue weighted by Crippen LogP contribution is 2.32. The number of rotatable bonds is 2. The van der Waals surface area contributed by atoms with Crippen molar-refractivity contribution in [3.8, 4) is 28.7 Å². The maximum Gasteiger partial charge on any atom is 0.222 e. The summed E-state index contributed by atoms with van der Waals surface area (Å²) in [7, 11) is 0. The van der Waals surface area contributed by atoms with Gasteiger partial charge in [0.2, 0.25) is 5.28 Å². The molecule has 0 aliphatic rings. The van der Waals surface area contributed by atoms with Gasteiger partial charge in [-0.25, -0.2) is 15.0 Å². The first-order valence-corrected chi connectivity index (χ1v) is 7.60. The second-order valence-corrected chi connectivity index (χ2v) is 5.48. The van der Waals surface area contributed by atoms with Crippen molar-refractivity contribution in [1.29, 1.82) is 5.26 Å². The van der Waals surface area contributed by atoms with E-state index in [4.69, 9.17) is 21.8 Å². The van der Waals surface area contributed by atoms with E-state index in [1.54, 1.807) is 18.3 Å². The van der Waals surface area contributed by atoms with Gasteiger partial charge in [0, 0.05) is 18.0 Å². The van der Waals surface area contributed by atoms with E-state index in [-0.39, 0.29) is 5.28 Å². The Hall–Kier alpha value is -3.23. The van der Waals surface area contributed by atoms with E-state index in [1.807, 2.05) is 47.0 Å². The normalized spacial score (nSPS) is 10.7. The van der Waals surface area contributed by atoms with Crippen LogP contribution in [-0.2, 0) is 0 Å². The molecule has 0 spiro atoms. The summed E-state index contributed by atoms with van der Waals surface area (Å²) in [5.74, 6) is 0. The number of fused-ring (bicyclic) bond motifs is 1. The lowest BCUT2D eigenvalue weighted by atomic mass is 10.1. The molecule has 6 heteroatoms. The number of halogens is 1. The summed E-state index contributed by atoms with van der Waals surface area (Å²) in [4.78, 5) is 13.0. The topological polar surface area (TPSA) is 66.9 Å². The highest BCUT2D eigenvalue weighted by molar-refractivity contribution is 6.28. The number of imidazole rings is 1. The number of pyridine rings is 1. The molecule has 3 aromatic heterocycles. The van der Waals surface area contributed by atoms with Crippen molar-refractivity contribution in [2.24, 2.45) is 0 Å². The molecule has 0 radical (unpaired) electrons. The lowest BCUT2D eigenvalue weighted by Gasteiger charge is -2.05. The first-order chi connectivity index (χ1) is 11.8. The van der Waals surface area contributed by atoms with Gasteiger partial charge in [0.15, 0.2) is 0 Å². The van der Waals surface area contributed by atoms with Crippen LogP contribution < -0.4 is 0 Å². The maximum atomic E-state index is 9.16. The van der Waals surface area contributed by atoms with E-state index >= 15 is 0 Å². The van der Waals surface area contributed by atoms with Gasteiger partial charge >= 0.3 is 0 Å². The third-order valence-electron chi connectivity index (χ3n) is 3.66. The molecule has 0 amide bonds. The Morgan fingerprint density at radius 1 is 1.04 bits per heavy atom. The van der Waals surface area contributed by atoms with Gasteiger partial charge in [-0.15, -0.1) is 0 Å². The van der Waals surface area contributed by atoms with Crippen LogP contribution in [0.1, 0.15) is 5.56 Å². The summed E-state index contributed by atoms with van der Waals surface area (Å²) in [5.41, 5.74) is 4.45. The molecule has 0 bridgehead atoms. The molecule has 3 heterocycles. The average molecular weight is 332 g/mol. The van der Waals surface area contributed by atoms with Gasteiger partial charge < -0.3 is 0 Å². The van der Waals surface area contributed by atoms with Crippen LogP contribution in [-0.4, -0.2) is 19.4 Å². The van der Waals surface area contributed by atoms with Crippen molar-refractivity contribution in [3.63, 3.8) is 0 Å². The second-order valence-electron chi connectivity index (χ2n) is 5.14. The molecule has 4 rings (SSSR count). The molecule has 1 aromatic carbocycles. The Kier molecular flexibility index (Phi) is 3.45. The average Bonchev–Trinajstić information content (AvgIpc) is 3.01. The Balaban J connectivity index is 2.05. The summed E-state index contributed by atoms with van der Waals surface area (Å²) in [5, 5.41) is 9.33. The zero-order chi connectivity index (χ0) is 16.5. The largest absolute Gasteiger partial charge is 0.298 e. The van der Waals surface area contributed by atoms with Crippen LogP contribution in [0.3, 0.4) is 0 Å². The van der Waals surface area contributed by atoms with Gasteiger partial charge in [-0.2, -0.15) is 5.26 Å². The molecule has 0 saturated carbocycles. The minimum Gasteiger partial charge on any atom is -0.298 e. The number of nitriles is 1. The van der Waals surface area contributed by atoms with Crippen LogP contribution in [0.15, 0.2) is 60.9 Å². The minimum absolute atomic E-state index is 0.176. The van der Waals surface area contributed by atoms with Crippen molar-refractivity contribution in [2.75, 3.05) is 0 Å². The summed E-state index contributed by atoms with van der Waals surface area (Å²) < 4.78 is 1.95. The monoisotopic (exact) mass is 331 g/mol. The molecule has 0 fully saturated rings. The number of hydrogen-bond acceptors (Lipinski definition) is 4. The van der Waals surface area contributed by atoms with Crippen LogP contribution in [0.25, 0.3) is 28.3 Å². The van der Waals surface area contributed by atoms with Crippen molar-refractivity contribution in [1.82, 2.24) is 19.4 Å². The second kappa shape index (κ2) is 5.76. The van der Waals surface area contributed by atoms with E-state index in [2.05, 4.69) is 16.0 Å². The first-order valence-electron chi connectivity index (χ1n) is 7.23. The summed E-state index contributed by atoms with van der Waals surface area (Å²) >= 11 is 5.96. The standard InChI is InChI=1S/C18H10ClN5/c19-18-21-8-7-14(22-18)17-16(13-5-3-4-12(10-13)11-20)23-15-6-1-2-9-24(15)17/h1-10H. The number of benzene rings is 1. The predicted octanol–water partition coefficient (Wildman–Crippen LogP) is 3.98. The SMILES string of the molecule is N#Cc1cccc(-c2nc3ccccn3c2-c2ccnc(Cl)n2)c1. The molecule has 0 unspecified atom stereocenters. The fourth-order valence-electron chi connectivity index (χ4n) is 2.64. The Morgan fingerprint density at radius 3 is 2.79 bits per heavy atom. The molecule has 0 aliphatic carbocycles. The van der Waals surface area contributed by atoms with Gasteiger partial charge in [-0.05, 0) is 41.9 Å². The van der Waals surface area contributed by atoms with Gasteiger partial charge in [0.25, 0.3) is 0 Å². The third kappa shape index (κ3) is 2.39. The van der Waals surface area contributed by atoms with Crippen molar-refractivity contribution in [3.05, 3.63) is 71.8 Å².